The minimum Gasteiger partial charge on any atom is -0.508 e. The van der Waals surface area contributed by atoms with Gasteiger partial charge in [0.15, 0.2) is 5.78 Å². The van der Waals surface area contributed by atoms with E-state index < -0.39 is 11.7 Å². The number of cyclic esters (lactones) is 1. The van der Waals surface area contributed by atoms with E-state index in [1.807, 2.05) is 12.2 Å². The third-order valence-corrected chi connectivity index (χ3v) is 3.50. The fraction of sp³-hybridized carbons (Fsp3) is 0.333. The van der Waals surface area contributed by atoms with Crippen molar-refractivity contribution in [2.24, 2.45) is 0 Å². The van der Waals surface area contributed by atoms with Crippen LogP contribution in [0.4, 0.5) is 0 Å². The van der Waals surface area contributed by atoms with Gasteiger partial charge in [0.25, 0.3) is 0 Å². The monoisotopic (exact) mass is 316 g/mol. The maximum Gasteiger partial charge on any atom is 0.342 e. The SMILES string of the molecule is CC1C/C=C/CC/C=C/C(=O)Cc2cc(O)cc(O)c2C(=O)O1. The lowest BCUT2D eigenvalue weighted by Crippen LogP contribution is -2.17. The van der Waals surface area contributed by atoms with Crippen molar-refractivity contribution in [3.05, 3.63) is 47.6 Å². The van der Waals surface area contributed by atoms with Gasteiger partial charge in [-0.2, -0.15) is 0 Å². The normalized spacial score (nSPS) is 22.6. The highest BCUT2D eigenvalue weighted by atomic mass is 16.5. The standard InChI is InChI=1S/C18H20O5/c1-12-7-5-3-2-4-6-8-14(19)9-13-10-15(20)11-16(21)17(13)18(22)23-12/h3,5-6,8,10-12,20-21H,2,4,7,9H2,1H3/b5-3+,8-6+. The summed E-state index contributed by atoms with van der Waals surface area (Å²) in [5.41, 5.74) is 0.180. The zero-order chi connectivity index (χ0) is 16.8. The van der Waals surface area contributed by atoms with Crippen LogP contribution >= 0.6 is 0 Å². The molecule has 1 atom stereocenters. The zero-order valence-corrected chi connectivity index (χ0v) is 13.0. The van der Waals surface area contributed by atoms with Crippen LogP contribution in [0.2, 0.25) is 0 Å². The largest absolute Gasteiger partial charge is 0.508 e. The van der Waals surface area contributed by atoms with Crippen molar-refractivity contribution < 1.29 is 24.5 Å². The van der Waals surface area contributed by atoms with E-state index in [1.165, 1.54) is 12.1 Å². The summed E-state index contributed by atoms with van der Waals surface area (Å²) in [6, 6.07) is 2.37. The highest BCUT2D eigenvalue weighted by Crippen LogP contribution is 2.29. The number of phenols is 2. The van der Waals surface area contributed by atoms with Gasteiger partial charge in [-0.15, -0.1) is 0 Å². The van der Waals surface area contributed by atoms with Crippen molar-refractivity contribution in [2.45, 2.75) is 38.7 Å². The Hall–Kier alpha value is -2.56. The van der Waals surface area contributed by atoms with E-state index in [0.717, 1.165) is 18.9 Å². The number of ketones is 1. The molecular weight excluding hydrogens is 296 g/mol. The number of aromatic hydroxyl groups is 2. The number of phenolic OH excluding ortho intramolecular Hbond substituents is 2. The number of hydrogen-bond donors (Lipinski definition) is 2. The first-order valence-electron chi connectivity index (χ1n) is 7.57. The van der Waals surface area contributed by atoms with Gasteiger partial charge in [-0.05, 0) is 37.5 Å². The van der Waals surface area contributed by atoms with Crippen LogP contribution < -0.4 is 0 Å². The number of allylic oxidation sites excluding steroid dienone is 3. The van der Waals surface area contributed by atoms with Crippen molar-refractivity contribution in [3.8, 4) is 11.5 Å². The summed E-state index contributed by atoms with van der Waals surface area (Å²) in [6.45, 7) is 1.76. The molecule has 0 aliphatic carbocycles. The Bertz CT molecular complexity index is 658. The molecule has 0 amide bonds. The lowest BCUT2D eigenvalue weighted by atomic mass is 10.00. The molecule has 5 nitrogen and oxygen atoms in total. The summed E-state index contributed by atoms with van der Waals surface area (Å²) in [7, 11) is 0. The van der Waals surface area contributed by atoms with Gasteiger partial charge in [0.1, 0.15) is 23.2 Å². The minimum atomic E-state index is -0.702. The molecule has 0 saturated carbocycles. The van der Waals surface area contributed by atoms with Crippen LogP contribution in [0.5, 0.6) is 11.5 Å². The Kier molecular flexibility index (Phi) is 5.57. The number of hydrogen-bond acceptors (Lipinski definition) is 5. The van der Waals surface area contributed by atoms with Gasteiger partial charge in [-0.3, -0.25) is 4.79 Å². The topological polar surface area (TPSA) is 83.8 Å². The summed E-state index contributed by atoms with van der Waals surface area (Å²) in [5.74, 6) is -1.51. The average molecular weight is 316 g/mol. The summed E-state index contributed by atoms with van der Waals surface area (Å²) in [5, 5.41) is 19.6. The van der Waals surface area contributed by atoms with Crippen molar-refractivity contribution in [3.63, 3.8) is 0 Å². The lowest BCUT2D eigenvalue weighted by Gasteiger charge is -2.15. The number of carbonyl (C=O) groups excluding carboxylic acids is 2. The maximum absolute atomic E-state index is 12.3. The van der Waals surface area contributed by atoms with Gasteiger partial charge >= 0.3 is 5.97 Å². The molecule has 23 heavy (non-hydrogen) atoms. The highest BCUT2D eigenvalue weighted by Gasteiger charge is 2.22. The number of rotatable bonds is 0. The predicted molar refractivity (Wildman–Crippen MR) is 85.5 cm³/mol. The summed E-state index contributed by atoms with van der Waals surface area (Å²) in [6.07, 6.45) is 8.83. The van der Waals surface area contributed by atoms with Crippen molar-refractivity contribution in [1.29, 1.82) is 0 Å². The van der Waals surface area contributed by atoms with E-state index >= 15 is 0 Å². The Morgan fingerprint density at radius 2 is 1.83 bits per heavy atom. The lowest BCUT2D eigenvalue weighted by molar-refractivity contribution is -0.114. The molecule has 0 aromatic heterocycles. The molecule has 1 aromatic rings. The van der Waals surface area contributed by atoms with Crippen molar-refractivity contribution in [1.82, 2.24) is 0 Å². The smallest absolute Gasteiger partial charge is 0.342 e. The Morgan fingerprint density at radius 3 is 2.61 bits per heavy atom. The van der Waals surface area contributed by atoms with Gasteiger partial charge < -0.3 is 14.9 Å². The molecule has 2 N–H and O–H groups in total. The zero-order valence-electron chi connectivity index (χ0n) is 13.0. The van der Waals surface area contributed by atoms with Crippen LogP contribution in [0.1, 0.15) is 42.1 Å². The summed E-state index contributed by atoms with van der Waals surface area (Å²) < 4.78 is 5.32. The van der Waals surface area contributed by atoms with Gasteiger partial charge in [-0.25, -0.2) is 4.79 Å². The Labute approximate surface area is 134 Å². The minimum absolute atomic E-state index is 0.0718. The molecule has 0 saturated heterocycles. The molecule has 2 rings (SSSR count). The number of carbonyl (C=O) groups is 2. The van der Waals surface area contributed by atoms with Crippen molar-refractivity contribution in [2.75, 3.05) is 0 Å². The van der Waals surface area contributed by atoms with Crippen molar-refractivity contribution >= 4 is 11.8 Å². The van der Waals surface area contributed by atoms with Gasteiger partial charge in [-0.1, -0.05) is 18.2 Å². The second-order valence-corrected chi connectivity index (χ2v) is 5.54. The fourth-order valence-electron chi connectivity index (χ4n) is 2.39. The second kappa shape index (κ2) is 7.63. The molecular formula is C18H20O5. The van der Waals surface area contributed by atoms with E-state index in [0.29, 0.717) is 6.42 Å². The van der Waals surface area contributed by atoms with Crippen LogP contribution in [-0.4, -0.2) is 28.1 Å². The molecule has 1 heterocycles. The third kappa shape index (κ3) is 4.71. The van der Waals surface area contributed by atoms with Crippen LogP contribution in [0.3, 0.4) is 0 Å². The number of esters is 1. The van der Waals surface area contributed by atoms with E-state index in [4.69, 9.17) is 4.74 Å². The molecule has 0 radical (unpaired) electrons. The van der Waals surface area contributed by atoms with Crippen LogP contribution in [-0.2, 0) is 16.0 Å². The van der Waals surface area contributed by atoms with Crippen LogP contribution in [0.15, 0.2) is 36.4 Å². The predicted octanol–water partition coefficient (Wildman–Crippen LogP) is 3.05. The maximum atomic E-state index is 12.3. The van der Waals surface area contributed by atoms with Gasteiger partial charge in [0, 0.05) is 18.9 Å². The number of benzene rings is 1. The van der Waals surface area contributed by atoms with Gasteiger partial charge in [0.2, 0.25) is 0 Å². The van der Waals surface area contributed by atoms with E-state index in [2.05, 4.69) is 0 Å². The first kappa shape index (κ1) is 16.8. The van der Waals surface area contributed by atoms with E-state index in [9.17, 15) is 19.8 Å². The molecule has 0 fully saturated rings. The molecule has 1 aromatic carbocycles. The molecule has 122 valence electrons. The Morgan fingerprint density at radius 1 is 1.09 bits per heavy atom. The van der Waals surface area contributed by atoms with Crippen LogP contribution in [0, 0.1) is 0 Å². The molecule has 5 heteroatoms. The van der Waals surface area contributed by atoms with E-state index in [1.54, 1.807) is 13.0 Å². The number of ether oxygens (including phenoxy) is 1. The van der Waals surface area contributed by atoms with E-state index in [-0.39, 0.29) is 35.2 Å². The number of fused-ring (bicyclic) bond motifs is 1. The Balaban J connectivity index is 2.40. The molecule has 0 bridgehead atoms. The quantitative estimate of drug-likeness (QED) is 0.568. The molecule has 1 unspecified atom stereocenters. The third-order valence-electron chi connectivity index (χ3n) is 3.50. The highest BCUT2D eigenvalue weighted by molar-refractivity contribution is 5.98. The molecule has 1 aliphatic rings. The summed E-state index contributed by atoms with van der Waals surface area (Å²) >= 11 is 0. The fourth-order valence-corrected chi connectivity index (χ4v) is 2.39. The first-order valence-corrected chi connectivity index (χ1v) is 7.57. The average Bonchev–Trinajstić information content (AvgIpc) is 2.44. The van der Waals surface area contributed by atoms with Crippen LogP contribution in [0.25, 0.3) is 0 Å². The van der Waals surface area contributed by atoms with Gasteiger partial charge in [0.05, 0.1) is 0 Å². The second-order valence-electron chi connectivity index (χ2n) is 5.54. The molecule has 1 aliphatic heterocycles. The molecule has 0 spiro atoms. The first-order chi connectivity index (χ1) is 11.0. The summed E-state index contributed by atoms with van der Waals surface area (Å²) in [4.78, 5) is 24.3.